The van der Waals surface area contributed by atoms with E-state index < -0.39 is 27.6 Å². The molecule has 1 unspecified atom stereocenters. The molecule has 1 aromatic rings. The second-order valence-corrected chi connectivity index (χ2v) is 3.91. The molecular weight excluding hydrogens is 218 g/mol. The van der Waals surface area contributed by atoms with Gasteiger partial charge in [0.05, 0.1) is 4.90 Å². The Labute approximate surface area is 80.6 Å². The second-order valence-electron chi connectivity index (χ2n) is 2.15. The van der Waals surface area contributed by atoms with Crippen LogP contribution in [0.1, 0.15) is 0 Å². The number of halogens is 2. The lowest BCUT2D eigenvalue weighted by Gasteiger charge is -2.08. The summed E-state index contributed by atoms with van der Waals surface area (Å²) in [4.78, 5) is -0.554. The molecule has 1 rings (SSSR count). The smallest absolute Gasteiger partial charge is 0.142 e. The van der Waals surface area contributed by atoms with Gasteiger partial charge in [0.15, 0.2) is 0 Å². The van der Waals surface area contributed by atoms with Crippen molar-refractivity contribution in [1.82, 2.24) is 0 Å². The van der Waals surface area contributed by atoms with Crippen LogP contribution < -0.4 is 0 Å². The fraction of sp³-hybridized carbons (Fsp3) is 0.143. The minimum atomic E-state index is -2.87. The minimum Gasteiger partial charge on any atom is -0.768 e. The van der Waals surface area contributed by atoms with E-state index in [1.54, 1.807) is 6.26 Å². The molecule has 0 amide bonds. The molecule has 0 aliphatic carbocycles. The summed E-state index contributed by atoms with van der Waals surface area (Å²) in [5.41, 5.74) is 0. The Hall–Kier alpha value is -0.460. The highest BCUT2D eigenvalue weighted by Gasteiger charge is 2.11. The van der Waals surface area contributed by atoms with E-state index in [1.807, 2.05) is 0 Å². The molecule has 0 saturated carbocycles. The molecule has 0 N–H and O–H groups in total. The normalized spacial score (nSPS) is 12.9. The molecule has 13 heavy (non-hydrogen) atoms. The largest absolute Gasteiger partial charge is 0.768 e. The molecule has 0 saturated heterocycles. The SMILES string of the molecule is CSc1cc(F)c(S(=O)[O-])c(F)c1. The van der Waals surface area contributed by atoms with Crippen molar-refractivity contribution in [3.05, 3.63) is 23.8 Å². The maximum atomic E-state index is 12.9. The van der Waals surface area contributed by atoms with E-state index in [4.69, 9.17) is 0 Å². The monoisotopic (exact) mass is 223 g/mol. The number of hydrogen-bond acceptors (Lipinski definition) is 3. The number of rotatable bonds is 2. The van der Waals surface area contributed by atoms with Crippen molar-refractivity contribution in [3.63, 3.8) is 0 Å². The molecule has 0 heterocycles. The van der Waals surface area contributed by atoms with Crippen molar-refractivity contribution >= 4 is 22.8 Å². The summed E-state index contributed by atoms with van der Waals surface area (Å²) in [6, 6.07) is 1.97. The molecule has 0 bridgehead atoms. The molecule has 1 atom stereocenters. The molecule has 0 spiro atoms. The van der Waals surface area contributed by atoms with Gasteiger partial charge in [-0.15, -0.1) is 11.8 Å². The Morgan fingerprint density at radius 2 is 1.85 bits per heavy atom. The molecule has 72 valence electrons. The van der Waals surface area contributed by atoms with Gasteiger partial charge in [-0.25, -0.2) is 8.78 Å². The third kappa shape index (κ3) is 2.26. The Balaban J connectivity index is 3.31. The van der Waals surface area contributed by atoms with Gasteiger partial charge in [0, 0.05) is 4.90 Å². The lowest BCUT2D eigenvalue weighted by molar-refractivity contribution is 0.492. The summed E-state index contributed by atoms with van der Waals surface area (Å²) < 4.78 is 46.5. The van der Waals surface area contributed by atoms with Crippen LogP contribution in [0, 0.1) is 11.6 Å². The Morgan fingerprint density at radius 3 is 2.15 bits per heavy atom. The Kier molecular flexibility index (Phi) is 3.40. The van der Waals surface area contributed by atoms with Crippen LogP contribution in [-0.4, -0.2) is 15.0 Å². The molecule has 0 aliphatic rings. The van der Waals surface area contributed by atoms with Crippen LogP contribution in [0.3, 0.4) is 0 Å². The first-order valence-electron chi connectivity index (χ1n) is 3.18. The van der Waals surface area contributed by atoms with Crippen molar-refractivity contribution in [1.29, 1.82) is 0 Å². The summed E-state index contributed by atoms with van der Waals surface area (Å²) in [7, 11) is 0. The average Bonchev–Trinajstić information content (AvgIpc) is 2.02. The minimum absolute atomic E-state index is 0.351. The van der Waals surface area contributed by atoms with Crippen LogP contribution in [0.15, 0.2) is 21.9 Å². The third-order valence-electron chi connectivity index (χ3n) is 1.37. The Morgan fingerprint density at radius 1 is 1.38 bits per heavy atom. The van der Waals surface area contributed by atoms with Crippen molar-refractivity contribution in [2.45, 2.75) is 9.79 Å². The van der Waals surface area contributed by atoms with Crippen molar-refractivity contribution in [3.8, 4) is 0 Å². The predicted octanol–water partition coefficient (Wildman–Crippen LogP) is 1.92. The predicted molar refractivity (Wildman–Crippen MR) is 45.3 cm³/mol. The van der Waals surface area contributed by atoms with Crippen LogP contribution in [0.25, 0.3) is 0 Å². The lowest BCUT2D eigenvalue weighted by Crippen LogP contribution is -1.98. The van der Waals surface area contributed by atoms with Gasteiger partial charge < -0.3 is 4.55 Å². The van der Waals surface area contributed by atoms with Gasteiger partial charge in [0.25, 0.3) is 0 Å². The maximum Gasteiger partial charge on any atom is 0.142 e. The van der Waals surface area contributed by atoms with Gasteiger partial charge in [0.2, 0.25) is 0 Å². The highest BCUT2D eigenvalue weighted by molar-refractivity contribution is 7.98. The van der Waals surface area contributed by atoms with Gasteiger partial charge in [-0.2, -0.15) is 0 Å². The van der Waals surface area contributed by atoms with Crippen LogP contribution in [-0.2, 0) is 11.1 Å². The van der Waals surface area contributed by atoms with Crippen molar-refractivity contribution in [2.75, 3.05) is 6.26 Å². The zero-order chi connectivity index (χ0) is 10.0. The number of thioether (sulfide) groups is 1. The van der Waals surface area contributed by atoms with E-state index in [0.29, 0.717) is 4.90 Å². The zero-order valence-corrected chi connectivity index (χ0v) is 8.18. The van der Waals surface area contributed by atoms with E-state index in [9.17, 15) is 17.5 Å². The molecule has 0 aromatic heterocycles. The summed E-state index contributed by atoms with van der Waals surface area (Å²) in [6.07, 6.45) is 1.64. The summed E-state index contributed by atoms with van der Waals surface area (Å²) in [6.45, 7) is 0. The van der Waals surface area contributed by atoms with Gasteiger partial charge in [-0.3, -0.25) is 4.21 Å². The zero-order valence-electron chi connectivity index (χ0n) is 6.54. The number of benzene rings is 1. The van der Waals surface area contributed by atoms with Gasteiger partial charge in [0.1, 0.15) is 11.6 Å². The van der Waals surface area contributed by atoms with Crippen LogP contribution in [0.5, 0.6) is 0 Å². The van der Waals surface area contributed by atoms with Crippen molar-refractivity contribution < 1.29 is 17.5 Å². The van der Waals surface area contributed by atoms with E-state index in [2.05, 4.69) is 0 Å². The molecular formula is C7H5F2O2S2-. The molecule has 1 aromatic carbocycles. The average molecular weight is 223 g/mol. The molecule has 2 nitrogen and oxygen atoms in total. The van der Waals surface area contributed by atoms with Gasteiger partial charge >= 0.3 is 0 Å². The standard InChI is InChI=1S/C7H6F2O2S2/c1-12-4-2-5(8)7(13(10)11)6(9)3-4/h2-3H,1H3,(H,10,11)/p-1. The summed E-state index contributed by atoms with van der Waals surface area (Å²) in [5, 5.41) is 0. The highest BCUT2D eigenvalue weighted by Crippen LogP contribution is 2.23. The van der Waals surface area contributed by atoms with E-state index in [-0.39, 0.29) is 0 Å². The van der Waals surface area contributed by atoms with Crippen molar-refractivity contribution in [2.24, 2.45) is 0 Å². The third-order valence-corrected chi connectivity index (χ3v) is 2.80. The van der Waals surface area contributed by atoms with E-state index >= 15 is 0 Å². The first kappa shape index (κ1) is 10.6. The highest BCUT2D eigenvalue weighted by atomic mass is 32.2. The lowest BCUT2D eigenvalue weighted by atomic mass is 10.3. The first-order chi connectivity index (χ1) is 6.06. The molecule has 0 aliphatic heterocycles. The van der Waals surface area contributed by atoms with Crippen LogP contribution in [0.2, 0.25) is 0 Å². The Bertz CT molecular complexity index is 331. The summed E-state index contributed by atoms with van der Waals surface area (Å²) in [5.74, 6) is -2.12. The first-order valence-corrected chi connectivity index (χ1v) is 5.48. The topological polar surface area (TPSA) is 40.1 Å². The maximum absolute atomic E-state index is 12.9. The molecule has 0 fully saturated rings. The van der Waals surface area contributed by atoms with Crippen LogP contribution >= 0.6 is 11.8 Å². The van der Waals surface area contributed by atoms with E-state index in [0.717, 1.165) is 23.9 Å². The van der Waals surface area contributed by atoms with Gasteiger partial charge in [-0.1, -0.05) is 0 Å². The molecule has 0 radical (unpaired) electrons. The van der Waals surface area contributed by atoms with Crippen LogP contribution in [0.4, 0.5) is 8.78 Å². The van der Waals surface area contributed by atoms with E-state index in [1.165, 1.54) is 0 Å². The van der Waals surface area contributed by atoms with Gasteiger partial charge in [-0.05, 0) is 29.5 Å². The fourth-order valence-corrected chi connectivity index (χ4v) is 1.69. The number of hydrogen-bond donors (Lipinski definition) is 0. The quantitative estimate of drug-likeness (QED) is 0.568. The fourth-order valence-electron chi connectivity index (χ4n) is 0.814. The second kappa shape index (κ2) is 4.17. The molecule has 6 heteroatoms. The summed E-state index contributed by atoms with van der Waals surface area (Å²) >= 11 is -1.74.